The van der Waals surface area contributed by atoms with Crippen molar-refractivity contribution in [3.63, 3.8) is 0 Å². The molecule has 0 bridgehead atoms. The highest BCUT2D eigenvalue weighted by Crippen LogP contribution is 2.14. The standard InChI is InChI=1S/C15H25NO/c1-11(10-17-4)7-15(16)9-14-6-5-12(2)13(3)8-14/h5-6,8,11,15H,7,9-10,16H2,1-4H3. The van der Waals surface area contributed by atoms with Crippen LogP contribution < -0.4 is 5.73 Å². The van der Waals surface area contributed by atoms with Crippen molar-refractivity contribution in [3.05, 3.63) is 34.9 Å². The molecule has 1 aromatic rings. The van der Waals surface area contributed by atoms with E-state index in [-0.39, 0.29) is 6.04 Å². The zero-order valence-corrected chi connectivity index (χ0v) is 11.5. The third kappa shape index (κ3) is 4.88. The molecule has 2 N–H and O–H groups in total. The Morgan fingerprint density at radius 1 is 1.24 bits per heavy atom. The zero-order chi connectivity index (χ0) is 12.8. The van der Waals surface area contributed by atoms with Crippen molar-refractivity contribution < 1.29 is 4.74 Å². The topological polar surface area (TPSA) is 35.2 Å². The van der Waals surface area contributed by atoms with Crippen LogP contribution >= 0.6 is 0 Å². The molecular weight excluding hydrogens is 210 g/mol. The molecule has 2 unspecified atom stereocenters. The summed E-state index contributed by atoms with van der Waals surface area (Å²) in [5.41, 5.74) is 10.2. The van der Waals surface area contributed by atoms with Crippen molar-refractivity contribution in [3.8, 4) is 0 Å². The fourth-order valence-electron chi connectivity index (χ4n) is 2.19. The van der Waals surface area contributed by atoms with Gasteiger partial charge in [-0.3, -0.25) is 0 Å². The SMILES string of the molecule is COCC(C)CC(N)Cc1ccc(C)c(C)c1. The summed E-state index contributed by atoms with van der Waals surface area (Å²) in [4.78, 5) is 0. The Hall–Kier alpha value is -0.860. The second-order valence-corrected chi connectivity index (χ2v) is 5.18. The summed E-state index contributed by atoms with van der Waals surface area (Å²) in [6.07, 6.45) is 1.97. The number of nitrogens with two attached hydrogens (primary N) is 1. The maximum Gasteiger partial charge on any atom is 0.0488 e. The number of hydrogen-bond acceptors (Lipinski definition) is 2. The predicted molar refractivity (Wildman–Crippen MR) is 73.3 cm³/mol. The molecule has 2 nitrogen and oxygen atoms in total. The molecule has 0 aliphatic rings. The molecule has 0 aliphatic heterocycles. The maximum atomic E-state index is 6.17. The molecule has 0 spiro atoms. The Kier molecular flexibility index (Phi) is 5.66. The van der Waals surface area contributed by atoms with Crippen molar-refractivity contribution in [2.24, 2.45) is 11.7 Å². The van der Waals surface area contributed by atoms with Crippen LogP contribution in [0, 0.1) is 19.8 Å². The highest BCUT2D eigenvalue weighted by molar-refractivity contribution is 5.30. The van der Waals surface area contributed by atoms with Gasteiger partial charge in [0.1, 0.15) is 0 Å². The van der Waals surface area contributed by atoms with Crippen LogP contribution in [-0.4, -0.2) is 19.8 Å². The van der Waals surface area contributed by atoms with E-state index in [9.17, 15) is 0 Å². The zero-order valence-electron chi connectivity index (χ0n) is 11.5. The molecule has 96 valence electrons. The summed E-state index contributed by atoms with van der Waals surface area (Å²) >= 11 is 0. The third-order valence-corrected chi connectivity index (χ3v) is 3.23. The molecule has 0 radical (unpaired) electrons. The van der Waals surface area contributed by atoms with Crippen molar-refractivity contribution in [2.45, 2.75) is 39.7 Å². The second kappa shape index (κ2) is 6.77. The van der Waals surface area contributed by atoms with Gasteiger partial charge in [0, 0.05) is 19.8 Å². The third-order valence-electron chi connectivity index (χ3n) is 3.23. The molecule has 0 heterocycles. The van der Waals surface area contributed by atoms with Gasteiger partial charge in [0.05, 0.1) is 0 Å². The van der Waals surface area contributed by atoms with E-state index in [1.165, 1.54) is 16.7 Å². The molecule has 0 fully saturated rings. The van der Waals surface area contributed by atoms with Crippen LogP contribution in [0.15, 0.2) is 18.2 Å². The average Bonchev–Trinajstić information content (AvgIpc) is 2.23. The average molecular weight is 235 g/mol. The highest BCUT2D eigenvalue weighted by atomic mass is 16.5. The number of ether oxygens (including phenoxy) is 1. The van der Waals surface area contributed by atoms with Crippen LogP contribution in [-0.2, 0) is 11.2 Å². The fraction of sp³-hybridized carbons (Fsp3) is 0.600. The van der Waals surface area contributed by atoms with E-state index in [0.29, 0.717) is 5.92 Å². The Labute approximate surface area is 105 Å². The first-order valence-corrected chi connectivity index (χ1v) is 6.33. The minimum absolute atomic E-state index is 0.224. The lowest BCUT2D eigenvalue weighted by atomic mass is 9.95. The van der Waals surface area contributed by atoms with E-state index in [4.69, 9.17) is 10.5 Å². The van der Waals surface area contributed by atoms with Crippen molar-refractivity contribution in [1.29, 1.82) is 0 Å². The van der Waals surface area contributed by atoms with Crippen LogP contribution in [0.3, 0.4) is 0 Å². The van der Waals surface area contributed by atoms with E-state index in [2.05, 4.69) is 39.0 Å². The van der Waals surface area contributed by atoms with Gasteiger partial charge < -0.3 is 10.5 Å². The van der Waals surface area contributed by atoms with Crippen molar-refractivity contribution >= 4 is 0 Å². The number of rotatable bonds is 6. The highest BCUT2D eigenvalue weighted by Gasteiger charge is 2.10. The summed E-state index contributed by atoms with van der Waals surface area (Å²) in [6, 6.07) is 6.83. The molecule has 0 amide bonds. The first-order chi connectivity index (χ1) is 8.02. The summed E-state index contributed by atoms with van der Waals surface area (Å²) in [5.74, 6) is 0.529. The monoisotopic (exact) mass is 235 g/mol. The summed E-state index contributed by atoms with van der Waals surface area (Å²) in [7, 11) is 1.74. The fourth-order valence-corrected chi connectivity index (χ4v) is 2.19. The largest absolute Gasteiger partial charge is 0.384 e. The van der Waals surface area contributed by atoms with Crippen LogP contribution in [0.4, 0.5) is 0 Å². The normalized spacial score (nSPS) is 14.6. The van der Waals surface area contributed by atoms with E-state index >= 15 is 0 Å². The van der Waals surface area contributed by atoms with Crippen LogP contribution in [0.25, 0.3) is 0 Å². The van der Waals surface area contributed by atoms with Crippen LogP contribution in [0.5, 0.6) is 0 Å². The van der Waals surface area contributed by atoms with Gasteiger partial charge in [0.25, 0.3) is 0 Å². The first kappa shape index (κ1) is 14.2. The Balaban J connectivity index is 2.50. The van der Waals surface area contributed by atoms with Gasteiger partial charge in [0.15, 0.2) is 0 Å². The Morgan fingerprint density at radius 2 is 1.94 bits per heavy atom. The molecule has 2 atom stereocenters. The van der Waals surface area contributed by atoms with Crippen LogP contribution in [0.1, 0.15) is 30.0 Å². The number of benzene rings is 1. The number of methoxy groups -OCH3 is 1. The van der Waals surface area contributed by atoms with Gasteiger partial charge >= 0.3 is 0 Å². The van der Waals surface area contributed by atoms with E-state index in [1.54, 1.807) is 7.11 Å². The van der Waals surface area contributed by atoms with Crippen LogP contribution in [0.2, 0.25) is 0 Å². The predicted octanol–water partition coefficient (Wildman–Crippen LogP) is 2.85. The van der Waals surface area contributed by atoms with Gasteiger partial charge in [0.2, 0.25) is 0 Å². The molecular formula is C15H25NO. The molecule has 17 heavy (non-hydrogen) atoms. The molecule has 1 rings (SSSR count). The summed E-state index contributed by atoms with van der Waals surface area (Å²) in [5, 5.41) is 0. The molecule has 0 saturated carbocycles. The smallest absolute Gasteiger partial charge is 0.0488 e. The van der Waals surface area contributed by atoms with E-state index < -0.39 is 0 Å². The summed E-state index contributed by atoms with van der Waals surface area (Å²) in [6.45, 7) is 7.27. The van der Waals surface area contributed by atoms with Gasteiger partial charge in [-0.1, -0.05) is 25.1 Å². The quantitative estimate of drug-likeness (QED) is 0.823. The van der Waals surface area contributed by atoms with E-state index in [0.717, 1.165) is 19.4 Å². The van der Waals surface area contributed by atoms with Gasteiger partial charge in [-0.25, -0.2) is 0 Å². The molecule has 2 heteroatoms. The van der Waals surface area contributed by atoms with E-state index in [1.807, 2.05) is 0 Å². The lowest BCUT2D eigenvalue weighted by Gasteiger charge is -2.17. The molecule has 1 aromatic carbocycles. The Morgan fingerprint density at radius 3 is 2.53 bits per heavy atom. The first-order valence-electron chi connectivity index (χ1n) is 6.33. The number of aryl methyl sites for hydroxylation is 2. The number of hydrogen-bond donors (Lipinski definition) is 1. The van der Waals surface area contributed by atoms with Gasteiger partial charge in [-0.15, -0.1) is 0 Å². The molecule has 0 saturated heterocycles. The van der Waals surface area contributed by atoms with Crippen molar-refractivity contribution in [1.82, 2.24) is 0 Å². The second-order valence-electron chi connectivity index (χ2n) is 5.18. The molecule has 0 aliphatic carbocycles. The maximum absolute atomic E-state index is 6.17. The summed E-state index contributed by atoms with van der Waals surface area (Å²) < 4.78 is 5.13. The Bertz CT molecular complexity index is 349. The van der Waals surface area contributed by atoms with Gasteiger partial charge in [-0.05, 0) is 49.3 Å². The lowest BCUT2D eigenvalue weighted by molar-refractivity contribution is 0.152. The van der Waals surface area contributed by atoms with Gasteiger partial charge in [-0.2, -0.15) is 0 Å². The lowest BCUT2D eigenvalue weighted by Crippen LogP contribution is -2.26. The minimum atomic E-state index is 0.224. The molecule has 0 aromatic heterocycles. The van der Waals surface area contributed by atoms with Crippen molar-refractivity contribution in [2.75, 3.05) is 13.7 Å². The minimum Gasteiger partial charge on any atom is -0.384 e.